The van der Waals surface area contributed by atoms with Crippen LogP contribution >= 0.6 is 11.5 Å². The Kier molecular flexibility index (Phi) is 5.55. The largest absolute Gasteiger partial charge is 0.332 e. The normalized spacial score (nSPS) is 11.3. The Hall–Kier alpha value is -2.74. The van der Waals surface area contributed by atoms with Crippen molar-refractivity contribution in [3.05, 3.63) is 56.0 Å². The molecule has 0 radical (unpaired) electrons. The van der Waals surface area contributed by atoms with Gasteiger partial charge in [-0.3, -0.25) is 18.7 Å². The molecule has 0 aliphatic rings. The summed E-state index contributed by atoms with van der Waals surface area (Å²) in [7, 11) is 0. The van der Waals surface area contributed by atoms with E-state index in [0.717, 1.165) is 22.5 Å². The number of nitrogens with zero attached hydrogens (tertiary/aromatic N) is 3. The summed E-state index contributed by atoms with van der Waals surface area (Å²) in [5.41, 5.74) is 1.57. The highest BCUT2D eigenvalue weighted by atomic mass is 32.1. The second kappa shape index (κ2) is 7.87. The first kappa shape index (κ1) is 19.0. The fourth-order valence-corrected chi connectivity index (χ4v) is 3.55. The van der Waals surface area contributed by atoms with Crippen molar-refractivity contribution in [3.8, 4) is 0 Å². The summed E-state index contributed by atoms with van der Waals surface area (Å²) in [6, 6.07) is 7.57. The van der Waals surface area contributed by atoms with Gasteiger partial charge in [0, 0.05) is 17.6 Å². The summed E-state index contributed by atoms with van der Waals surface area (Å²) in [6.07, 6.45) is 0.921. The average molecular weight is 386 g/mol. The van der Waals surface area contributed by atoms with Gasteiger partial charge in [0.05, 0.1) is 5.52 Å². The van der Waals surface area contributed by atoms with Gasteiger partial charge in [0.2, 0.25) is 5.91 Å². The van der Waals surface area contributed by atoms with Crippen LogP contribution < -0.4 is 16.6 Å². The highest BCUT2D eigenvalue weighted by molar-refractivity contribution is 7.04. The lowest BCUT2D eigenvalue weighted by Gasteiger charge is -2.13. The molecule has 1 amide bonds. The predicted octanol–water partition coefficient (Wildman–Crippen LogP) is 2.48. The van der Waals surface area contributed by atoms with Crippen molar-refractivity contribution in [3.63, 3.8) is 0 Å². The first-order chi connectivity index (χ1) is 12.9. The lowest BCUT2D eigenvalue weighted by molar-refractivity contribution is -0.116. The van der Waals surface area contributed by atoms with Crippen LogP contribution in [-0.4, -0.2) is 19.4 Å². The molecule has 2 heterocycles. The molecule has 7 nitrogen and oxygen atoms in total. The average Bonchev–Trinajstić information content (AvgIpc) is 3.12. The highest BCUT2D eigenvalue weighted by Crippen LogP contribution is 2.12. The number of carbonyl (C=O) groups excluding carboxylic acids is 1. The number of hydrogen-bond acceptors (Lipinski definition) is 5. The van der Waals surface area contributed by atoms with Crippen molar-refractivity contribution in [1.29, 1.82) is 0 Å². The quantitative estimate of drug-likeness (QED) is 0.705. The van der Waals surface area contributed by atoms with Gasteiger partial charge in [-0.05, 0) is 41.6 Å². The zero-order valence-corrected chi connectivity index (χ0v) is 16.4. The van der Waals surface area contributed by atoms with E-state index in [1.165, 1.54) is 10.1 Å². The minimum absolute atomic E-state index is 0.117. The van der Waals surface area contributed by atoms with Gasteiger partial charge in [0.15, 0.2) is 5.52 Å². The van der Waals surface area contributed by atoms with Crippen LogP contribution in [0.25, 0.3) is 11.0 Å². The first-order valence-electron chi connectivity index (χ1n) is 8.87. The van der Waals surface area contributed by atoms with E-state index in [2.05, 4.69) is 16.6 Å². The molecule has 0 aliphatic carbocycles. The zero-order chi connectivity index (χ0) is 19.6. The number of aromatic nitrogens is 3. The standard InChI is InChI=1S/C19H22N4O3S/c1-4-13-5-7-14(8-6-13)20-16(24)10-22-15-11-27-21-17(15)18(25)23(19(22)26)9-12(2)3/h5-8,11-12H,4,9-10H2,1-3H3,(H,20,24). The number of nitrogens with one attached hydrogen (secondary N) is 1. The van der Waals surface area contributed by atoms with Gasteiger partial charge in [-0.1, -0.05) is 32.9 Å². The lowest BCUT2D eigenvalue weighted by Crippen LogP contribution is -2.42. The second-order valence-electron chi connectivity index (χ2n) is 6.83. The molecule has 8 heteroatoms. The third kappa shape index (κ3) is 4.00. The second-order valence-corrected chi connectivity index (χ2v) is 7.45. The van der Waals surface area contributed by atoms with Gasteiger partial charge < -0.3 is 5.32 Å². The van der Waals surface area contributed by atoms with Gasteiger partial charge in [0.1, 0.15) is 6.54 Å². The Morgan fingerprint density at radius 3 is 2.52 bits per heavy atom. The summed E-state index contributed by atoms with van der Waals surface area (Å²) in [5, 5.41) is 4.42. The molecular weight excluding hydrogens is 364 g/mol. The third-order valence-corrected chi connectivity index (χ3v) is 4.86. The van der Waals surface area contributed by atoms with Crippen LogP contribution in [0.5, 0.6) is 0 Å². The number of fused-ring (bicyclic) bond motifs is 1. The third-order valence-electron chi connectivity index (χ3n) is 4.25. The molecule has 3 aromatic rings. The van der Waals surface area contributed by atoms with Crippen LogP contribution in [0, 0.1) is 5.92 Å². The van der Waals surface area contributed by atoms with Crippen LogP contribution in [0.3, 0.4) is 0 Å². The number of rotatable bonds is 6. The van der Waals surface area contributed by atoms with Crippen molar-refractivity contribution in [1.82, 2.24) is 13.5 Å². The molecule has 27 heavy (non-hydrogen) atoms. The van der Waals surface area contributed by atoms with Crippen molar-refractivity contribution in [2.24, 2.45) is 5.92 Å². The van der Waals surface area contributed by atoms with E-state index < -0.39 is 11.2 Å². The van der Waals surface area contributed by atoms with Crippen LogP contribution in [0.2, 0.25) is 0 Å². The molecule has 3 rings (SSSR count). The van der Waals surface area contributed by atoms with E-state index in [1.807, 2.05) is 38.1 Å². The summed E-state index contributed by atoms with van der Waals surface area (Å²) in [6.45, 7) is 6.02. The Bertz CT molecular complexity index is 1080. The smallest absolute Gasteiger partial charge is 0.325 e. The Morgan fingerprint density at radius 2 is 1.89 bits per heavy atom. The van der Waals surface area contributed by atoms with Crippen molar-refractivity contribution in [2.45, 2.75) is 40.3 Å². The number of anilines is 1. The Balaban J connectivity index is 1.93. The molecule has 142 valence electrons. The van der Waals surface area contributed by atoms with Gasteiger partial charge in [-0.15, -0.1) is 0 Å². The summed E-state index contributed by atoms with van der Waals surface area (Å²) >= 11 is 1.10. The number of benzene rings is 1. The monoisotopic (exact) mass is 386 g/mol. The maximum atomic E-state index is 12.8. The minimum atomic E-state index is -0.488. The van der Waals surface area contributed by atoms with Crippen molar-refractivity contribution < 1.29 is 4.79 Å². The van der Waals surface area contributed by atoms with Gasteiger partial charge in [0.25, 0.3) is 5.56 Å². The lowest BCUT2D eigenvalue weighted by atomic mass is 10.1. The molecule has 0 aliphatic heterocycles. The Morgan fingerprint density at radius 1 is 1.19 bits per heavy atom. The number of carbonyl (C=O) groups is 1. The molecule has 0 atom stereocenters. The van der Waals surface area contributed by atoms with Gasteiger partial charge in [-0.25, -0.2) is 4.79 Å². The van der Waals surface area contributed by atoms with Crippen LogP contribution in [0.1, 0.15) is 26.3 Å². The number of hydrogen-bond donors (Lipinski definition) is 1. The van der Waals surface area contributed by atoms with Crippen LogP contribution in [0.15, 0.2) is 39.2 Å². The summed E-state index contributed by atoms with van der Waals surface area (Å²) in [5.74, 6) is -0.213. The molecule has 0 saturated heterocycles. The van der Waals surface area contributed by atoms with E-state index >= 15 is 0 Å². The minimum Gasteiger partial charge on any atom is -0.325 e. The first-order valence-corrected chi connectivity index (χ1v) is 9.70. The fraction of sp³-hybridized carbons (Fsp3) is 0.368. The summed E-state index contributed by atoms with van der Waals surface area (Å²) in [4.78, 5) is 37.9. The molecular formula is C19H22N4O3S. The maximum Gasteiger partial charge on any atom is 0.332 e. The Labute approximate surface area is 160 Å². The fourth-order valence-electron chi connectivity index (χ4n) is 2.88. The van der Waals surface area contributed by atoms with E-state index in [4.69, 9.17) is 0 Å². The predicted molar refractivity (Wildman–Crippen MR) is 107 cm³/mol. The molecule has 0 saturated carbocycles. The molecule has 1 N–H and O–H groups in total. The molecule has 0 fully saturated rings. The molecule has 0 bridgehead atoms. The van der Waals surface area contributed by atoms with Crippen molar-refractivity contribution >= 4 is 34.2 Å². The number of aryl methyl sites for hydroxylation is 1. The summed E-state index contributed by atoms with van der Waals surface area (Å²) < 4.78 is 6.60. The van der Waals surface area contributed by atoms with E-state index in [0.29, 0.717) is 11.2 Å². The maximum absolute atomic E-state index is 12.8. The number of amides is 1. The topological polar surface area (TPSA) is 86.0 Å². The van der Waals surface area contributed by atoms with E-state index in [-0.39, 0.29) is 30.4 Å². The van der Waals surface area contributed by atoms with Gasteiger partial charge in [-0.2, -0.15) is 4.37 Å². The van der Waals surface area contributed by atoms with E-state index in [9.17, 15) is 14.4 Å². The van der Waals surface area contributed by atoms with Crippen molar-refractivity contribution in [2.75, 3.05) is 5.32 Å². The molecule has 1 aromatic carbocycles. The van der Waals surface area contributed by atoms with Crippen LogP contribution in [0.4, 0.5) is 5.69 Å². The van der Waals surface area contributed by atoms with Crippen LogP contribution in [-0.2, 0) is 24.3 Å². The van der Waals surface area contributed by atoms with E-state index in [1.54, 1.807) is 5.38 Å². The zero-order valence-electron chi connectivity index (χ0n) is 15.6. The highest BCUT2D eigenvalue weighted by Gasteiger charge is 2.18. The molecule has 2 aromatic heterocycles. The van der Waals surface area contributed by atoms with Gasteiger partial charge >= 0.3 is 5.69 Å². The molecule has 0 unspecified atom stereocenters. The SMILES string of the molecule is CCc1ccc(NC(=O)Cn2c(=O)n(CC(C)C)c(=O)c3nscc32)cc1. The molecule has 0 spiro atoms.